The van der Waals surface area contributed by atoms with Gasteiger partial charge in [-0.3, -0.25) is 4.68 Å². The Hall–Kier alpha value is -0.390. The van der Waals surface area contributed by atoms with E-state index in [2.05, 4.69) is 21.0 Å². The molecule has 0 aromatic carbocycles. The van der Waals surface area contributed by atoms with Crippen LogP contribution in [0.15, 0.2) is 10.7 Å². The molecule has 1 unspecified atom stereocenters. The van der Waals surface area contributed by atoms with E-state index in [9.17, 15) is 0 Å². The molecule has 1 aromatic heterocycles. The van der Waals surface area contributed by atoms with Crippen LogP contribution in [-0.4, -0.2) is 27.5 Å². The lowest BCUT2D eigenvalue weighted by Gasteiger charge is -2.08. The van der Waals surface area contributed by atoms with Crippen molar-refractivity contribution in [1.29, 1.82) is 0 Å². The minimum Gasteiger partial charge on any atom is -0.395 e. The summed E-state index contributed by atoms with van der Waals surface area (Å²) < 4.78 is 2.69. The van der Waals surface area contributed by atoms with Crippen molar-refractivity contribution in [2.75, 3.05) is 6.61 Å². The Morgan fingerprint density at radius 1 is 1.83 bits per heavy atom. The molecule has 1 rings (SSSR count). The number of aliphatic hydroxyl groups excluding tert-OH is 1. The number of nitrogens with two attached hydrogens (primary N) is 1. The average Bonchev–Trinajstić information content (AvgIpc) is 2.35. The van der Waals surface area contributed by atoms with E-state index in [-0.39, 0.29) is 12.6 Å². The van der Waals surface area contributed by atoms with Gasteiger partial charge in [-0.15, -0.1) is 0 Å². The smallest absolute Gasteiger partial charge is 0.0635 e. The minimum absolute atomic E-state index is 0.00236. The van der Waals surface area contributed by atoms with Crippen molar-refractivity contribution >= 4 is 15.9 Å². The number of halogens is 1. The molecule has 5 heteroatoms. The van der Waals surface area contributed by atoms with Crippen LogP contribution >= 0.6 is 15.9 Å². The summed E-state index contributed by atoms with van der Waals surface area (Å²) >= 11 is 3.35. The van der Waals surface area contributed by atoms with E-state index in [1.54, 1.807) is 10.9 Å². The fourth-order valence-corrected chi connectivity index (χ4v) is 1.49. The van der Waals surface area contributed by atoms with Crippen LogP contribution < -0.4 is 5.73 Å². The third-order valence-electron chi connectivity index (χ3n) is 1.70. The van der Waals surface area contributed by atoms with Gasteiger partial charge in [-0.1, -0.05) is 0 Å². The summed E-state index contributed by atoms with van der Waals surface area (Å²) in [5.74, 6) is 0. The number of rotatable bonds is 3. The predicted octanol–water partition coefficient (Wildman–Crippen LogP) is 0.0447. The third kappa shape index (κ3) is 2.06. The molecule has 0 radical (unpaired) electrons. The highest BCUT2D eigenvalue weighted by Crippen LogP contribution is 2.15. The summed E-state index contributed by atoms with van der Waals surface area (Å²) in [6, 6.07) is -0.211. The lowest BCUT2D eigenvalue weighted by atomic mass is 10.2. The van der Waals surface area contributed by atoms with Gasteiger partial charge in [0.2, 0.25) is 0 Å². The first-order chi connectivity index (χ1) is 5.65. The molecule has 68 valence electrons. The summed E-state index contributed by atoms with van der Waals surface area (Å²) in [6.45, 7) is -0.00236. The summed E-state index contributed by atoms with van der Waals surface area (Å²) in [5.41, 5.74) is 6.60. The monoisotopic (exact) mass is 233 g/mol. The van der Waals surface area contributed by atoms with E-state index >= 15 is 0 Å². The van der Waals surface area contributed by atoms with Crippen molar-refractivity contribution in [1.82, 2.24) is 9.78 Å². The number of hydrogen-bond donors (Lipinski definition) is 2. The van der Waals surface area contributed by atoms with E-state index in [0.29, 0.717) is 6.42 Å². The molecule has 1 heterocycles. The Kier molecular flexibility index (Phi) is 3.25. The summed E-state index contributed by atoms with van der Waals surface area (Å²) in [7, 11) is 1.85. The second-order valence-corrected chi connectivity index (χ2v) is 3.56. The maximum Gasteiger partial charge on any atom is 0.0635 e. The van der Waals surface area contributed by atoms with Gasteiger partial charge in [0.1, 0.15) is 0 Å². The Morgan fingerprint density at radius 3 is 2.92 bits per heavy atom. The van der Waals surface area contributed by atoms with Gasteiger partial charge in [-0.25, -0.2) is 0 Å². The molecule has 0 bridgehead atoms. The number of aliphatic hydroxyl groups is 1. The van der Waals surface area contributed by atoms with Crippen molar-refractivity contribution < 1.29 is 5.11 Å². The molecular weight excluding hydrogens is 222 g/mol. The van der Waals surface area contributed by atoms with Crippen LogP contribution in [0.5, 0.6) is 0 Å². The van der Waals surface area contributed by atoms with Crippen LogP contribution in [0.2, 0.25) is 0 Å². The second-order valence-electron chi connectivity index (χ2n) is 2.71. The lowest BCUT2D eigenvalue weighted by Crippen LogP contribution is -2.28. The fraction of sp³-hybridized carbons (Fsp3) is 0.571. The van der Waals surface area contributed by atoms with Gasteiger partial charge < -0.3 is 10.8 Å². The van der Waals surface area contributed by atoms with E-state index in [0.717, 1.165) is 10.2 Å². The normalized spacial score (nSPS) is 13.3. The van der Waals surface area contributed by atoms with E-state index < -0.39 is 0 Å². The second kappa shape index (κ2) is 4.02. The number of aromatic nitrogens is 2. The summed E-state index contributed by atoms with van der Waals surface area (Å²) in [4.78, 5) is 0. The van der Waals surface area contributed by atoms with Crippen molar-refractivity contribution in [2.24, 2.45) is 12.8 Å². The minimum atomic E-state index is -0.211. The molecule has 0 aliphatic rings. The van der Waals surface area contributed by atoms with Gasteiger partial charge in [-0.2, -0.15) is 5.10 Å². The zero-order valence-electron chi connectivity index (χ0n) is 6.87. The first-order valence-corrected chi connectivity index (χ1v) is 4.47. The van der Waals surface area contributed by atoms with Crippen LogP contribution in [0, 0.1) is 0 Å². The topological polar surface area (TPSA) is 64.1 Å². The van der Waals surface area contributed by atoms with Crippen molar-refractivity contribution in [3.05, 3.63) is 16.4 Å². The first-order valence-electron chi connectivity index (χ1n) is 3.68. The SMILES string of the molecule is Cn1ncc(Br)c1CC(N)CO. The van der Waals surface area contributed by atoms with Crippen LogP contribution in [0.4, 0.5) is 0 Å². The molecule has 1 aromatic rings. The van der Waals surface area contributed by atoms with Crippen LogP contribution in [-0.2, 0) is 13.5 Å². The zero-order valence-corrected chi connectivity index (χ0v) is 8.45. The van der Waals surface area contributed by atoms with Gasteiger partial charge in [0.25, 0.3) is 0 Å². The highest BCUT2D eigenvalue weighted by Gasteiger charge is 2.09. The van der Waals surface area contributed by atoms with E-state index in [4.69, 9.17) is 10.8 Å². The van der Waals surface area contributed by atoms with E-state index in [1.807, 2.05) is 7.05 Å². The Morgan fingerprint density at radius 2 is 2.50 bits per heavy atom. The number of nitrogens with zero attached hydrogens (tertiary/aromatic N) is 2. The van der Waals surface area contributed by atoms with Gasteiger partial charge >= 0.3 is 0 Å². The lowest BCUT2D eigenvalue weighted by molar-refractivity contribution is 0.263. The Labute approximate surface area is 79.5 Å². The number of hydrogen-bond acceptors (Lipinski definition) is 3. The quantitative estimate of drug-likeness (QED) is 0.776. The highest BCUT2D eigenvalue weighted by atomic mass is 79.9. The molecule has 0 spiro atoms. The third-order valence-corrected chi connectivity index (χ3v) is 2.36. The van der Waals surface area contributed by atoms with Gasteiger partial charge in [-0.05, 0) is 15.9 Å². The molecule has 3 N–H and O–H groups in total. The maximum absolute atomic E-state index is 8.75. The molecular formula is C7H12BrN3O. The molecule has 1 atom stereocenters. The van der Waals surface area contributed by atoms with Crippen molar-refractivity contribution in [2.45, 2.75) is 12.5 Å². The van der Waals surface area contributed by atoms with Crippen molar-refractivity contribution in [3.8, 4) is 0 Å². The van der Waals surface area contributed by atoms with Crippen molar-refractivity contribution in [3.63, 3.8) is 0 Å². The molecule has 0 saturated heterocycles. The van der Waals surface area contributed by atoms with Crippen LogP contribution in [0.25, 0.3) is 0 Å². The average molecular weight is 234 g/mol. The molecule has 0 amide bonds. The van der Waals surface area contributed by atoms with Gasteiger partial charge in [0.15, 0.2) is 0 Å². The predicted molar refractivity (Wildman–Crippen MR) is 49.7 cm³/mol. The van der Waals surface area contributed by atoms with Gasteiger partial charge in [0, 0.05) is 19.5 Å². The molecule has 0 fully saturated rings. The van der Waals surface area contributed by atoms with Gasteiger partial charge in [0.05, 0.1) is 23.0 Å². The number of aryl methyl sites for hydroxylation is 1. The van der Waals surface area contributed by atoms with Crippen LogP contribution in [0.1, 0.15) is 5.69 Å². The standard InChI is InChI=1S/C7H12BrN3O/c1-11-7(2-5(9)4-12)6(8)3-10-11/h3,5,12H,2,4,9H2,1H3. The fourth-order valence-electron chi connectivity index (χ4n) is 0.979. The maximum atomic E-state index is 8.75. The molecule has 4 nitrogen and oxygen atoms in total. The summed E-state index contributed by atoms with van der Waals surface area (Å²) in [5, 5.41) is 12.8. The largest absolute Gasteiger partial charge is 0.395 e. The molecule has 0 aliphatic carbocycles. The highest BCUT2D eigenvalue weighted by molar-refractivity contribution is 9.10. The Bertz CT molecular complexity index is 242. The summed E-state index contributed by atoms with van der Waals surface area (Å²) in [6.07, 6.45) is 2.35. The van der Waals surface area contributed by atoms with E-state index in [1.165, 1.54) is 0 Å². The first kappa shape index (κ1) is 9.70. The molecule has 12 heavy (non-hydrogen) atoms. The molecule has 0 saturated carbocycles. The zero-order chi connectivity index (χ0) is 9.14. The Balaban J connectivity index is 2.73. The molecule has 0 aliphatic heterocycles. The van der Waals surface area contributed by atoms with Crippen LogP contribution in [0.3, 0.4) is 0 Å².